The second kappa shape index (κ2) is 9.98. The number of hydrogen-bond donors (Lipinski definition) is 0. The van der Waals surface area contributed by atoms with Crippen LogP contribution in [0.4, 0.5) is 5.69 Å². The molecule has 152 valence electrons. The molecule has 3 rings (SSSR count). The summed E-state index contributed by atoms with van der Waals surface area (Å²) >= 11 is 4.89. The van der Waals surface area contributed by atoms with Crippen molar-refractivity contribution in [3.8, 4) is 11.5 Å². The fourth-order valence-corrected chi connectivity index (χ4v) is 4.41. The van der Waals surface area contributed by atoms with Gasteiger partial charge in [-0.25, -0.2) is 4.99 Å². The van der Waals surface area contributed by atoms with Gasteiger partial charge in [0.2, 0.25) is 0 Å². The number of amides is 1. The van der Waals surface area contributed by atoms with Gasteiger partial charge in [-0.15, -0.1) is 0 Å². The van der Waals surface area contributed by atoms with Crippen molar-refractivity contribution in [2.24, 2.45) is 4.99 Å². The largest absolute Gasteiger partial charge is 0.496 e. The van der Waals surface area contributed by atoms with Gasteiger partial charge in [-0.2, -0.15) is 0 Å². The number of methoxy groups -OCH3 is 1. The summed E-state index contributed by atoms with van der Waals surface area (Å²) < 4.78 is 11.6. The molecule has 0 aromatic heterocycles. The van der Waals surface area contributed by atoms with Crippen LogP contribution in [0.3, 0.4) is 0 Å². The Morgan fingerprint density at radius 3 is 2.55 bits per heavy atom. The molecule has 29 heavy (non-hydrogen) atoms. The van der Waals surface area contributed by atoms with Crippen molar-refractivity contribution in [2.75, 3.05) is 20.3 Å². The zero-order valence-corrected chi connectivity index (χ0v) is 19.0. The van der Waals surface area contributed by atoms with Crippen molar-refractivity contribution >= 4 is 50.5 Å². The van der Waals surface area contributed by atoms with Crippen LogP contribution in [-0.2, 0) is 4.79 Å². The van der Waals surface area contributed by atoms with E-state index in [1.165, 1.54) is 11.8 Å². The normalized spacial score (nSPS) is 16.7. The third kappa shape index (κ3) is 5.22. The number of rotatable bonds is 7. The number of carbonyl (C=O) groups excluding carboxylic acids is 1. The predicted molar refractivity (Wildman–Crippen MR) is 123 cm³/mol. The molecule has 5 nitrogen and oxygen atoms in total. The molecule has 0 unspecified atom stereocenters. The van der Waals surface area contributed by atoms with Crippen LogP contribution in [0.15, 0.2) is 56.8 Å². The molecule has 1 aliphatic heterocycles. The average molecular weight is 475 g/mol. The van der Waals surface area contributed by atoms with E-state index in [1.807, 2.05) is 55.5 Å². The van der Waals surface area contributed by atoms with Crippen molar-refractivity contribution in [3.63, 3.8) is 0 Å². The third-order valence-electron chi connectivity index (χ3n) is 4.18. The highest BCUT2D eigenvalue weighted by atomic mass is 79.9. The van der Waals surface area contributed by atoms with E-state index in [0.29, 0.717) is 23.2 Å². The van der Waals surface area contributed by atoms with Gasteiger partial charge in [-0.3, -0.25) is 9.69 Å². The molecule has 0 N–H and O–H groups in total. The number of benzene rings is 2. The summed E-state index contributed by atoms with van der Waals surface area (Å²) in [7, 11) is 1.63. The Kier molecular flexibility index (Phi) is 7.39. The Morgan fingerprint density at radius 1 is 1.17 bits per heavy atom. The zero-order valence-electron chi connectivity index (χ0n) is 16.6. The molecule has 1 amide bonds. The number of ether oxygens (including phenoxy) is 2. The van der Waals surface area contributed by atoms with Crippen LogP contribution >= 0.6 is 27.7 Å². The quantitative estimate of drug-likeness (QED) is 0.470. The third-order valence-corrected chi connectivity index (χ3v) is 5.81. The van der Waals surface area contributed by atoms with Gasteiger partial charge in [0, 0.05) is 6.54 Å². The highest BCUT2D eigenvalue weighted by molar-refractivity contribution is 9.10. The van der Waals surface area contributed by atoms with E-state index in [9.17, 15) is 4.79 Å². The van der Waals surface area contributed by atoms with Crippen LogP contribution in [0.25, 0.3) is 6.08 Å². The van der Waals surface area contributed by atoms with Gasteiger partial charge < -0.3 is 9.47 Å². The van der Waals surface area contributed by atoms with Crippen molar-refractivity contribution in [2.45, 2.75) is 20.3 Å². The molecule has 0 bridgehead atoms. The number of aliphatic imine (C=N–C) groups is 1. The average Bonchev–Trinajstić information content (AvgIpc) is 2.99. The molecule has 0 radical (unpaired) electrons. The standard InChI is InChI=1S/C22H23BrN2O3S/c1-4-12-25-21(26)20(14-15-6-11-19(27-3)18(23)13-15)29-22(25)24-16-7-9-17(10-8-16)28-5-2/h6-11,13-14H,4-5,12H2,1-3H3/b20-14-,24-22?. The maximum atomic E-state index is 12.9. The number of hydrogen-bond acceptors (Lipinski definition) is 5. The molecule has 0 saturated carbocycles. The van der Waals surface area contributed by atoms with E-state index in [4.69, 9.17) is 14.5 Å². The number of amidine groups is 1. The van der Waals surface area contributed by atoms with E-state index < -0.39 is 0 Å². The van der Waals surface area contributed by atoms with Gasteiger partial charge in [0.15, 0.2) is 5.17 Å². The molecule has 2 aromatic rings. The summed E-state index contributed by atoms with van der Waals surface area (Å²) in [5.74, 6) is 1.54. The number of thioether (sulfide) groups is 1. The van der Waals surface area contributed by atoms with Gasteiger partial charge in [-0.05, 0) is 89.1 Å². The van der Waals surface area contributed by atoms with Gasteiger partial charge in [0.1, 0.15) is 11.5 Å². The summed E-state index contributed by atoms with van der Waals surface area (Å²) in [5, 5.41) is 0.694. The second-order valence-electron chi connectivity index (χ2n) is 6.28. The first-order valence-electron chi connectivity index (χ1n) is 9.42. The van der Waals surface area contributed by atoms with Crippen LogP contribution in [0.5, 0.6) is 11.5 Å². The Morgan fingerprint density at radius 2 is 1.93 bits per heavy atom. The Labute approximate surface area is 183 Å². The first-order chi connectivity index (χ1) is 14.0. The van der Waals surface area contributed by atoms with E-state index in [-0.39, 0.29) is 5.91 Å². The monoisotopic (exact) mass is 474 g/mol. The van der Waals surface area contributed by atoms with Crippen LogP contribution in [-0.4, -0.2) is 36.2 Å². The maximum Gasteiger partial charge on any atom is 0.266 e. The molecular weight excluding hydrogens is 452 g/mol. The first kappa shape index (κ1) is 21.5. The van der Waals surface area contributed by atoms with Gasteiger partial charge >= 0.3 is 0 Å². The van der Waals surface area contributed by atoms with Crippen molar-refractivity contribution in [1.29, 1.82) is 0 Å². The molecule has 1 aliphatic rings. The molecule has 7 heteroatoms. The zero-order chi connectivity index (χ0) is 20.8. The number of carbonyl (C=O) groups is 1. The van der Waals surface area contributed by atoms with Crippen molar-refractivity contribution < 1.29 is 14.3 Å². The minimum absolute atomic E-state index is 0.0199. The van der Waals surface area contributed by atoms with Crippen LogP contribution in [0, 0.1) is 0 Å². The lowest BCUT2D eigenvalue weighted by atomic mass is 10.2. The highest BCUT2D eigenvalue weighted by Gasteiger charge is 2.32. The Balaban J connectivity index is 1.88. The van der Waals surface area contributed by atoms with Crippen molar-refractivity contribution in [3.05, 3.63) is 57.4 Å². The lowest BCUT2D eigenvalue weighted by Crippen LogP contribution is -2.29. The van der Waals surface area contributed by atoms with Crippen LogP contribution in [0.1, 0.15) is 25.8 Å². The first-order valence-corrected chi connectivity index (χ1v) is 11.0. The number of halogens is 1. The SMILES string of the molecule is CCCN1C(=O)/C(=C/c2ccc(OC)c(Br)c2)SC1=Nc1ccc(OCC)cc1. The topological polar surface area (TPSA) is 51.1 Å². The van der Waals surface area contributed by atoms with E-state index in [2.05, 4.69) is 22.9 Å². The number of nitrogens with zero attached hydrogens (tertiary/aromatic N) is 2. The smallest absolute Gasteiger partial charge is 0.266 e. The molecule has 0 aliphatic carbocycles. The molecule has 0 atom stereocenters. The molecule has 1 fully saturated rings. The van der Waals surface area contributed by atoms with Gasteiger partial charge in [0.25, 0.3) is 5.91 Å². The fraction of sp³-hybridized carbons (Fsp3) is 0.273. The van der Waals surface area contributed by atoms with E-state index in [0.717, 1.165) is 33.6 Å². The van der Waals surface area contributed by atoms with Crippen molar-refractivity contribution in [1.82, 2.24) is 4.90 Å². The lowest BCUT2D eigenvalue weighted by Gasteiger charge is -2.14. The summed E-state index contributed by atoms with van der Waals surface area (Å²) in [6, 6.07) is 13.3. The molecule has 0 spiro atoms. The van der Waals surface area contributed by atoms with Gasteiger partial charge in [0.05, 0.1) is 28.8 Å². The fourth-order valence-electron chi connectivity index (χ4n) is 2.83. The molecule has 2 aromatic carbocycles. The second-order valence-corrected chi connectivity index (χ2v) is 8.15. The summed E-state index contributed by atoms with van der Waals surface area (Å²) in [6.45, 7) is 5.25. The maximum absolute atomic E-state index is 12.9. The highest BCUT2D eigenvalue weighted by Crippen LogP contribution is 2.35. The molecule has 1 heterocycles. The van der Waals surface area contributed by atoms with Crippen LogP contribution < -0.4 is 9.47 Å². The Hall–Kier alpha value is -2.25. The molecule has 1 saturated heterocycles. The predicted octanol–water partition coefficient (Wildman–Crippen LogP) is 5.87. The Bertz CT molecular complexity index is 942. The van der Waals surface area contributed by atoms with Crippen LogP contribution in [0.2, 0.25) is 0 Å². The summed E-state index contributed by atoms with van der Waals surface area (Å²) in [6.07, 6.45) is 2.75. The van der Waals surface area contributed by atoms with E-state index in [1.54, 1.807) is 12.0 Å². The molecular formula is C22H23BrN2O3S. The minimum atomic E-state index is -0.0199. The summed E-state index contributed by atoms with van der Waals surface area (Å²) in [5.41, 5.74) is 1.71. The van der Waals surface area contributed by atoms with Gasteiger partial charge in [-0.1, -0.05) is 13.0 Å². The summed E-state index contributed by atoms with van der Waals surface area (Å²) in [4.78, 5) is 20.0. The lowest BCUT2D eigenvalue weighted by molar-refractivity contribution is -0.122. The van der Waals surface area contributed by atoms with E-state index >= 15 is 0 Å². The minimum Gasteiger partial charge on any atom is -0.496 e.